The molecule has 0 saturated heterocycles. The van der Waals surface area contributed by atoms with Crippen LogP contribution in [0, 0.1) is 0 Å². The molecule has 0 bridgehead atoms. The van der Waals surface area contributed by atoms with Crippen LogP contribution in [0.1, 0.15) is 13.8 Å². The summed E-state index contributed by atoms with van der Waals surface area (Å²) in [6.07, 6.45) is -8.82. The SMILES string of the molecule is CC(=O)C(F)C(O)C(O)C(=O)C(C)F. The lowest BCUT2D eigenvalue weighted by atomic mass is 10.0. The third-order valence-corrected chi connectivity index (χ3v) is 1.70. The molecule has 14 heavy (non-hydrogen) atoms. The molecule has 0 radical (unpaired) electrons. The minimum Gasteiger partial charge on any atom is -0.386 e. The lowest BCUT2D eigenvalue weighted by molar-refractivity contribution is -0.143. The number of aliphatic hydroxyl groups is 2. The van der Waals surface area contributed by atoms with Gasteiger partial charge >= 0.3 is 0 Å². The van der Waals surface area contributed by atoms with Crippen molar-refractivity contribution in [1.29, 1.82) is 0 Å². The summed E-state index contributed by atoms with van der Waals surface area (Å²) in [7, 11) is 0. The van der Waals surface area contributed by atoms with Gasteiger partial charge in [0.2, 0.25) is 0 Å². The fraction of sp³-hybridized carbons (Fsp3) is 0.750. The zero-order valence-corrected chi connectivity index (χ0v) is 7.78. The number of hydrogen-bond acceptors (Lipinski definition) is 4. The molecule has 0 spiro atoms. The highest BCUT2D eigenvalue weighted by Gasteiger charge is 2.35. The van der Waals surface area contributed by atoms with E-state index in [4.69, 9.17) is 10.2 Å². The highest BCUT2D eigenvalue weighted by molar-refractivity contribution is 5.89. The number of Topliss-reactive ketones (excluding diaryl/α,β-unsaturated/α-hetero) is 2. The Hall–Kier alpha value is -0.880. The molecule has 0 aromatic rings. The van der Waals surface area contributed by atoms with Crippen molar-refractivity contribution in [2.24, 2.45) is 0 Å². The summed E-state index contributed by atoms with van der Waals surface area (Å²) in [6, 6.07) is 0. The molecular weight excluding hydrogens is 198 g/mol. The summed E-state index contributed by atoms with van der Waals surface area (Å²) in [4.78, 5) is 21.2. The first kappa shape index (κ1) is 13.1. The smallest absolute Gasteiger partial charge is 0.197 e. The molecule has 0 aromatic heterocycles. The van der Waals surface area contributed by atoms with Crippen LogP contribution >= 0.6 is 0 Å². The highest BCUT2D eigenvalue weighted by atomic mass is 19.1. The average molecular weight is 210 g/mol. The molecule has 0 aliphatic carbocycles. The monoisotopic (exact) mass is 210 g/mol. The summed E-state index contributed by atoms with van der Waals surface area (Å²) in [5, 5.41) is 17.9. The number of aliphatic hydroxyl groups excluding tert-OH is 2. The van der Waals surface area contributed by atoms with Gasteiger partial charge in [-0.1, -0.05) is 0 Å². The Bertz CT molecular complexity index is 229. The van der Waals surface area contributed by atoms with Crippen LogP contribution in [0.2, 0.25) is 0 Å². The van der Waals surface area contributed by atoms with Crippen LogP contribution in [-0.4, -0.2) is 46.3 Å². The van der Waals surface area contributed by atoms with Crippen molar-refractivity contribution in [2.45, 2.75) is 38.4 Å². The van der Waals surface area contributed by atoms with Gasteiger partial charge in [-0.15, -0.1) is 0 Å². The number of rotatable bonds is 5. The van der Waals surface area contributed by atoms with Gasteiger partial charge < -0.3 is 10.2 Å². The molecule has 0 fully saturated rings. The van der Waals surface area contributed by atoms with E-state index in [9.17, 15) is 18.4 Å². The third kappa shape index (κ3) is 3.12. The molecule has 0 heterocycles. The minimum absolute atomic E-state index is 0.847. The maximum absolute atomic E-state index is 12.8. The molecule has 0 amide bonds. The van der Waals surface area contributed by atoms with Crippen molar-refractivity contribution < 1.29 is 28.6 Å². The summed E-state index contributed by atoms with van der Waals surface area (Å²) in [5.74, 6) is -2.38. The van der Waals surface area contributed by atoms with E-state index in [1.54, 1.807) is 0 Å². The molecule has 4 atom stereocenters. The van der Waals surface area contributed by atoms with E-state index in [1.807, 2.05) is 0 Å². The second-order valence-electron chi connectivity index (χ2n) is 2.97. The van der Waals surface area contributed by atoms with Crippen molar-refractivity contribution in [2.75, 3.05) is 0 Å². The Morgan fingerprint density at radius 3 is 1.93 bits per heavy atom. The highest BCUT2D eigenvalue weighted by Crippen LogP contribution is 2.09. The quantitative estimate of drug-likeness (QED) is 0.645. The molecule has 0 aromatic carbocycles. The first-order valence-electron chi connectivity index (χ1n) is 3.97. The maximum Gasteiger partial charge on any atom is 0.197 e. The average Bonchev–Trinajstić information content (AvgIpc) is 2.12. The maximum atomic E-state index is 12.8. The van der Waals surface area contributed by atoms with E-state index in [-0.39, 0.29) is 0 Å². The number of hydrogen-bond donors (Lipinski definition) is 2. The Morgan fingerprint density at radius 1 is 1.21 bits per heavy atom. The molecule has 0 aliphatic heterocycles. The Balaban J connectivity index is 4.46. The predicted octanol–water partition coefficient (Wildman–Crippen LogP) is -0.438. The van der Waals surface area contributed by atoms with E-state index >= 15 is 0 Å². The number of halogens is 2. The zero-order valence-electron chi connectivity index (χ0n) is 7.78. The van der Waals surface area contributed by atoms with Crippen molar-refractivity contribution in [3.05, 3.63) is 0 Å². The van der Waals surface area contributed by atoms with Crippen LogP contribution in [0.25, 0.3) is 0 Å². The van der Waals surface area contributed by atoms with Crippen LogP contribution in [0.15, 0.2) is 0 Å². The predicted molar refractivity (Wildman–Crippen MR) is 43.2 cm³/mol. The van der Waals surface area contributed by atoms with Crippen molar-refractivity contribution in [3.63, 3.8) is 0 Å². The van der Waals surface area contributed by atoms with Crippen LogP contribution in [-0.2, 0) is 9.59 Å². The molecule has 2 N–H and O–H groups in total. The lowest BCUT2D eigenvalue weighted by Gasteiger charge is -2.18. The van der Waals surface area contributed by atoms with Crippen LogP contribution in [0.5, 0.6) is 0 Å². The Labute approximate surface area is 79.5 Å². The summed E-state index contributed by atoms with van der Waals surface area (Å²) in [6.45, 7) is 1.70. The largest absolute Gasteiger partial charge is 0.386 e. The van der Waals surface area contributed by atoms with Gasteiger partial charge in [0.1, 0.15) is 12.2 Å². The van der Waals surface area contributed by atoms with Crippen LogP contribution in [0.4, 0.5) is 8.78 Å². The molecule has 0 rings (SSSR count). The van der Waals surface area contributed by atoms with Gasteiger partial charge in [0, 0.05) is 0 Å². The van der Waals surface area contributed by atoms with Gasteiger partial charge in [-0.05, 0) is 13.8 Å². The van der Waals surface area contributed by atoms with Gasteiger partial charge in [-0.3, -0.25) is 9.59 Å². The van der Waals surface area contributed by atoms with Gasteiger partial charge in [-0.25, -0.2) is 8.78 Å². The van der Waals surface area contributed by atoms with Gasteiger partial charge in [-0.2, -0.15) is 0 Å². The summed E-state index contributed by atoms with van der Waals surface area (Å²) < 4.78 is 25.1. The molecule has 6 heteroatoms. The molecule has 82 valence electrons. The van der Waals surface area contributed by atoms with Crippen LogP contribution < -0.4 is 0 Å². The van der Waals surface area contributed by atoms with Gasteiger partial charge in [0.25, 0.3) is 0 Å². The molecule has 0 saturated carbocycles. The standard InChI is InChI=1S/C8H12F2O4/c1-3(9)6(12)8(14)7(13)5(10)4(2)11/h3,5,7-8,13-14H,1-2H3. The number of alkyl halides is 2. The fourth-order valence-electron chi connectivity index (χ4n) is 0.804. The first-order valence-corrected chi connectivity index (χ1v) is 3.97. The third-order valence-electron chi connectivity index (χ3n) is 1.70. The van der Waals surface area contributed by atoms with Crippen molar-refractivity contribution >= 4 is 11.6 Å². The van der Waals surface area contributed by atoms with E-state index in [0.29, 0.717) is 0 Å². The number of carbonyl (C=O) groups excluding carboxylic acids is 2. The summed E-state index contributed by atoms with van der Waals surface area (Å²) >= 11 is 0. The summed E-state index contributed by atoms with van der Waals surface area (Å²) in [5.41, 5.74) is 0. The van der Waals surface area contributed by atoms with Gasteiger partial charge in [0.15, 0.2) is 23.9 Å². The van der Waals surface area contributed by atoms with E-state index in [1.165, 1.54) is 0 Å². The van der Waals surface area contributed by atoms with E-state index < -0.39 is 36.1 Å². The minimum atomic E-state index is -2.38. The first-order chi connectivity index (χ1) is 6.29. The zero-order chi connectivity index (χ0) is 11.5. The van der Waals surface area contributed by atoms with Crippen molar-refractivity contribution in [3.8, 4) is 0 Å². The topological polar surface area (TPSA) is 74.6 Å². The Morgan fingerprint density at radius 2 is 1.64 bits per heavy atom. The molecule has 0 aliphatic rings. The molecule has 4 unspecified atom stereocenters. The lowest BCUT2D eigenvalue weighted by Crippen LogP contribution is -2.45. The normalized spacial score (nSPS) is 19.6. The van der Waals surface area contributed by atoms with Gasteiger partial charge in [0.05, 0.1) is 0 Å². The van der Waals surface area contributed by atoms with Crippen molar-refractivity contribution in [1.82, 2.24) is 0 Å². The number of ketones is 2. The number of carbonyl (C=O) groups is 2. The second-order valence-corrected chi connectivity index (χ2v) is 2.97. The Kier molecular flexibility index (Phi) is 4.79. The van der Waals surface area contributed by atoms with Crippen LogP contribution in [0.3, 0.4) is 0 Å². The van der Waals surface area contributed by atoms with E-state index in [0.717, 1.165) is 13.8 Å². The molecule has 4 nitrogen and oxygen atoms in total. The fourth-order valence-corrected chi connectivity index (χ4v) is 0.804. The second kappa shape index (κ2) is 5.11. The molecular formula is C8H12F2O4. The van der Waals surface area contributed by atoms with E-state index in [2.05, 4.69) is 0 Å².